The van der Waals surface area contributed by atoms with Crippen molar-refractivity contribution in [1.82, 2.24) is 4.98 Å². The van der Waals surface area contributed by atoms with Crippen molar-refractivity contribution >= 4 is 11.6 Å². The van der Waals surface area contributed by atoms with E-state index in [-0.39, 0.29) is 23.7 Å². The van der Waals surface area contributed by atoms with E-state index < -0.39 is 12.8 Å². The van der Waals surface area contributed by atoms with Crippen LogP contribution in [0.1, 0.15) is 25.7 Å². The van der Waals surface area contributed by atoms with Crippen LogP contribution in [0.2, 0.25) is 0 Å². The third-order valence-corrected chi connectivity index (χ3v) is 3.57. The molecule has 1 aromatic heterocycles. The largest absolute Gasteiger partial charge is 0.468 e. The summed E-state index contributed by atoms with van der Waals surface area (Å²) in [4.78, 5) is 15.6. The van der Waals surface area contributed by atoms with E-state index in [4.69, 9.17) is 5.73 Å². The summed E-state index contributed by atoms with van der Waals surface area (Å²) < 4.78 is 40.5. The first-order chi connectivity index (χ1) is 10.3. The van der Waals surface area contributed by atoms with Gasteiger partial charge in [-0.25, -0.2) is 4.98 Å². The van der Waals surface area contributed by atoms with E-state index in [9.17, 15) is 18.0 Å². The van der Waals surface area contributed by atoms with Crippen molar-refractivity contribution in [3.05, 3.63) is 18.3 Å². The molecule has 3 N–H and O–H groups in total. The van der Waals surface area contributed by atoms with Crippen LogP contribution >= 0.6 is 0 Å². The Morgan fingerprint density at radius 3 is 2.73 bits per heavy atom. The molecule has 0 aliphatic heterocycles. The fraction of sp³-hybridized carbons (Fsp3) is 0.571. The normalized spacial score (nSPS) is 21.6. The minimum Gasteiger partial charge on any atom is -0.468 e. The molecule has 1 aliphatic rings. The number of alkyl halides is 3. The average Bonchev–Trinajstić information content (AvgIpc) is 2.82. The molecule has 122 valence electrons. The second-order valence-electron chi connectivity index (χ2n) is 5.40. The van der Waals surface area contributed by atoms with E-state index in [1.807, 2.05) is 0 Å². The molecule has 2 atom stereocenters. The summed E-state index contributed by atoms with van der Waals surface area (Å²) in [6, 6.07) is 2.79. The van der Waals surface area contributed by atoms with E-state index in [1.54, 1.807) is 0 Å². The van der Waals surface area contributed by atoms with Crippen molar-refractivity contribution in [3.8, 4) is 5.88 Å². The Morgan fingerprint density at radius 1 is 1.41 bits per heavy atom. The van der Waals surface area contributed by atoms with Crippen LogP contribution in [0.5, 0.6) is 5.88 Å². The molecule has 1 aromatic rings. The first-order valence-corrected chi connectivity index (χ1v) is 7.04. The second kappa shape index (κ2) is 6.95. The van der Waals surface area contributed by atoms with Crippen LogP contribution < -0.4 is 15.8 Å². The van der Waals surface area contributed by atoms with Crippen LogP contribution in [0, 0.1) is 5.92 Å². The smallest absolute Gasteiger partial charge is 0.422 e. The Labute approximate surface area is 126 Å². The van der Waals surface area contributed by atoms with E-state index in [1.165, 1.54) is 18.3 Å². The van der Waals surface area contributed by atoms with Crippen LogP contribution in [0.3, 0.4) is 0 Å². The molecule has 0 spiro atoms. The zero-order valence-electron chi connectivity index (χ0n) is 11.9. The molecule has 22 heavy (non-hydrogen) atoms. The van der Waals surface area contributed by atoms with Crippen LogP contribution in [-0.2, 0) is 4.79 Å². The molecule has 0 saturated heterocycles. The molecule has 0 aromatic carbocycles. The number of hydrogen-bond acceptors (Lipinski definition) is 4. The van der Waals surface area contributed by atoms with Crippen molar-refractivity contribution in [3.63, 3.8) is 0 Å². The van der Waals surface area contributed by atoms with Gasteiger partial charge in [-0.2, -0.15) is 13.2 Å². The lowest BCUT2D eigenvalue weighted by molar-refractivity contribution is -0.154. The Bertz CT molecular complexity index is 505. The van der Waals surface area contributed by atoms with Crippen molar-refractivity contribution in [2.75, 3.05) is 11.9 Å². The molecule has 5 nitrogen and oxygen atoms in total. The zero-order valence-corrected chi connectivity index (χ0v) is 11.9. The van der Waals surface area contributed by atoms with Gasteiger partial charge in [-0.1, -0.05) is 6.42 Å². The molecule has 1 heterocycles. The maximum absolute atomic E-state index is 12.0. The van der Waals surface area contributed by atoms with Crippen molar-refractivity contribution in [2.24, 2.45) is 11.7 Å². The van der Waals surface area contributed by atoms with Crippen LogP contribution in [0.15, 0.2) is 18.3 Å². The predicted molar refractivity (Wildman–Crippen MR) is 74.4 cm³/mol. The highest BCUT2D eigenvalue weighted by Crippen LogP contribution is 2.27. The van der Waals surface area contributed by atoms with Gasteiger partial charge in [-0.3, -0.25) is 4.79 Å². The Morgan fingerprint density at radius 2 is 2.18 bits per heavy atom. The van der Waals surface area contributed by atoms with Gasteiger partial charge in [0.15, 0.2) is 6.61 Å². The summed E-state index contributed by atoms with van der Waals surface area (Å²) in [5.74, 6) is -0.136. The number of nitrogens with zero attached hydrogens (tertiary/aromatic N) is 1. The van der Waals surface area contributed by atoms with E-state index in [0.717, 1.165) is 19.3 Å². The molecule has 8 heteroatoms. The highest BCUT2D eigenvalue weighted by atomic mass is 19.4. The highest BCUT2D eigenvalue weighted by molar-refractivity contribution is 5.90. The number of amides is 1. The van der Waals surface area contributed by atoms with Gasteiger partial charge >= 0.3 is 6.18 Å². The van der Waals surface area contributed by atoms with Gasteiger partial charge in [0.2, 0.25) is 11.8 Å². The Hall–Kier alpha value is -1.83. The van der Waals surface area contributed by atoms with Gasteiger partial charge in [-0.05, 0) is 24.8 Å². The third-order valence-electron chi connectivity index (χ3n) is 3.57. The van der Waals surface area contributed by atoms with Gasteiger partial charge < -0.3 is 15.8 Å². The van der Waals surface area contributed by atoms with E-state index in [0.29, 0.717) is 12.1 Å². The quantitative estimate of drug-likeness (QED) is 0.874. The summed E-state index contributed by atoms with van der Waals surface area (Å²) in [6.45, 7) is -1.40. The number of pyridine rings is 1. The molecule has 1 aliphatic carbocycles. The monoisotopic (exact) mass is 317 g/mol. The topological polar surface area (TPSA) is 77.2 Å². The lowest BCUT2D eigenvalue weighted by Gasteiger charge is -2.14. The van der Waals surface area contributed by atoms with Crippen LogP contribution in [-0.4, -0.2) is 29.7 Å². The first-order valence-electron chi connectivity index (χ1n) is 7.04. The number of nitrogens with one attached hydrogen (secondary N) is 1. The summed E-state index contributed by atoms with van der Waals surface area (Å²) in [6.07, 6.45) is 0.105. The molecule has 0 bridgehead atoms. The SMILES string of the molecule is N[C@@H]1CCC[C@H]1CC(=O)Nc1ccc(OCC(F)(F)F)nc1. The summed E-state index contributed by atoms with van der Waals surface area (Å²) in [7, 11) is 0. The third kappa shape index (κ3) is 5.18. The molecule has 0 radical (unpaired) electrons. The number of carbonyl (C=O) groups excluding carboxylic acids is 1. The number of halogens is 3. The van der Waals surface area contributed by atoms with Gasteiger partial charge in [0.1, 0.15) is 0 Å². The summed E-state index contributed by atoms with van der Waals surface area (Å²) >= 11 is 0. The molecular formula is C14H18F3N3O2. The maximum Gasteiger partial charge on any atom is 0.422 e. The number of anilines is 1. The maximum atomic E-state index is 12.0. The van der Waals surface area contributed by atoms with Gasteiger partial charge in [0, 0.05) is 18.5 Å². The fourth-order valence-electron chi connectivity index (χ4n) is 2.46. The van der Waals surface area contributed by atoms with Gasteiger partial charge in [0.25, 0.3) is 0 Å². The summed E-state index contributed by atoms with van der Waals surface area (Å²) in [5, 5.41) is 2.65. The highest BCUT2D eigenvalue weighted by Gasteiger charge is 2.28. The minimum atomic E-state index is -4.41. The standard InChI is InChI=1S/C14H18F3N3O2/c15-14(16,17)8-22-13-5-4-10(7-19-13)20-12(21)6-9-2-1-3-11(9)18/h4-5,7,9,11H,1-3,6,8,18H2,(H,20,21)/t9-,11+/m0/s1. The average molecular weight is 317 g/mol. The van der Waals surface area contributed by atoms with Crippen molar-refractivity contribution in [1.29, 1.82) is 0 Å². The lowest BCUT2D eigenvalue weighted by atomic mass is 10.00. The van der Waals surface area contributed by atoms with E-state index in [2.05, 4.69) is 15.0 Å². The first kappa shape index (κ1) is 16.5. The van der Waals surface area contributed by atoms with Gasteiger partial charge in [-0.15, -0.1) is 0 Å². The molecule has 1 amide bonds. The Kier molecular flexibility index (Phi) is 5.23. The molecular weight excluding hydrogens is 299 g/mol. The van der Waals surface area contributed by atoms with Crippen LogP contribution in [0.4, 0.5) is 18.9 Å². The zero-order chi connectivity index (χ0) is 16.2. The number of ether oxygens (including phenoxy) is 1. The Balaban J connectivity index is 1.81. The van der Waals surface area contributed by atoms with Gasteiger partial charge in [0.05, 0.1) is 11.9 Å². The number of aromatic nitrogens is 1. The predicted octanol–water partition coefficient (Wildman–Crippen LogP) is 2.48. The number of carbonyl (C=O) groups is 1. The fourth-order valence-corrected chi connectivity index (χ4v) is 2.46. The van der Waals surface area contributed by atoms with Crippen LogP contribution in [0.25, 0.3) is 0 Å². The molecule has 0 unspecified atom stereocenters. The van der Waals surface area contributed by atoms with Crippen molar-refractivity contribution in [2.45, 2.75) is 37.9 Å². The number of nitrogens with two attached hydrogens (primary N) is 1. The number of rotatable bonds is 5. The lowest BCUT2D eigenvalue weighted by Crippen LogP contribution is -2.28. The number of hydrogen-bond donors (Lipinski definition) is 2. The van der Waals surface area contributed by atoms with Crippen molar-refractivity contribution < 1.29 is 22.7 Å². The molecule has 2 rings (SSSR count). The summed E-state index contributed by atoms with van der Waals surface area (Å²) in [5.41, 5.74) is 6.32. The second-order valence-corrected chi connectivity index (χ2v) is 5.40. The minimum absolute atomic E-state index is 0.0574. The van der Waals surface area contributed by atoms with E-state index >= 15 is 0 Å². The molecule has 1 fully saturated rings. The molecule has 1 saturated carbocycles.